The number of aryl methyl sites for hydroxylation is 1. The lowest BCUT2D eigenvalue weighted by molar-refractivity contribution is -0.116. The van der Waals surface area contributed by atoms with Gasteiger partial charge in [-0.25, -0.2) is 0 Å². The van der Waals surface area contributed by atoms with Gasteiger partial charge in [-0.2, -0.15) is 0 Å². The summed E-state index contributed by atoms with van der Waals surface area (Å²) in [4.78, 5) is 15.0. The van der Waals surface area contributed by atoms with Crippen LogP contribution in [0.2, 0.25) is 0 Å². The molecular weight excluding hydrogens is 394 g/mol. The van der Waals surface area contributed by atoms with Crippen LogP contribution in [0.25, 0.3) is 0 Å². The number of rotatable bonds is 7. The second-order valence-electron chi connectivity index (χ2n) is 7.83. The smallest absolute Gasteiger partial charge is 0.277 e. The third-order valence-corrected chi connectivity index (χ3v) is 6.30. The summed E-state index contributed by atoms with van der Waals surface area (Å²) in [5.41, 5.74) is 3.12. The van der Waals surface area contributed by atoms with Crippen molar-refractivity contribution in [3.63, 3.8) is 0 Å². The molecule has 1 saturated carbocycles. The van der Waals surface area contributed by atoms with Gasteiger partial charge in [0.05, 0.1) is 12.3 Å². The monoisotopic (exact) mass is 421 g/mol. The van der Waals surface area contributed by atoms with Crippen LogP contribution < -0.4 is 4.90 Å². The molecule has 1 fully saturated rings. The summed E-state index contributed by atoms with van der Waals surface area (Å²) in [5.74, 6) is 1.38. The number of carbonyl (C=O) groups is 1. The van der Waals surface area contributed by atoms with Crippen molar-refractivity contribution < 1.29 is 9.21 Å². The first-order valence-corrected chi connectivity index (χ1v) is 11.5. The summed E-state index contributed by atoms with van der Waals surface area (Å²) in [6.45, 7) is 2.56. The number of aromatic nitrogens is 2. The fraction of sp³-hybridized carbons (Fsp3) is 0.375. The second-order valence-corrected chi connectivity index (χ2v) is 8.76. The van der Waals surface area contributed by atoms with Crippen LogP contribution in [0, 0.1) is 6.92 Å². The summed E-state index contributed by atoms with van der Waals surface area (Å²) >= 11 is 1.32. The van der Waals surface area contributed by atoms with Gasteiger partial charge in [0.2, 0.25) is 11.8 Å². The molecule has 0 unspecified atom stereocenters. The fourth-order valence-corrected chi connectivity index (χ4v) is 4.53. The van der Waals surface area contributed by atoms with Crippen molar-refractivity contribution in [3.05, 3.63) is 71.6 Å². The van der Waals surface area contributed by atoms with E-state index in [9.17, 15) is 4.79 Å². The Morgan fingerprint density at radius 1 is 1.07 bits per heavy atom. The van der Waals surface area contributed by atoms with Crippen LogP contribution in [-0.2, 0) is 11.3 Å². The number of thioether (sulfide) groups is 1. The molecule has 0 N–H and O–H groups in total. The zero-order valence-corrected chi connectivity index (χ0v) is 18.1. The number of hydrogen-bond donors (Lipinski definition) is 0. The van der Waals surface area contributed by atoms with Crippen LogP contribution in [0.15, 0.2) is 64.2 Å². The van der Waals surface area contributed by atoms with E-state index in [0.29, 0.717) is 17.7 Å². The summed E-state index contributed by atoms with van der Waals surface area (Å²) < 4.78 is 5.87. The van der Waals surface area contributed by atoms with Gasteiger partial charge >= 0.3 is 0 Å². The van der Waals surface area contributed by atoms with Gasteiger partial charge in [-0.3, -0.25) is 4.79 Å². The third kappa shape index (κ3) is 5.30. The van der Waals surface area contributed by atoms with E-state index in [2.05, 4.69) is 10.2 Å². The third-order valence-electron chi connectivity index (χ3n) is 5.49. The van der Waals surface area contributed by atoms with E-state index in [1.807, 2.05) is 66.4 Å². The van der Waals surface area contributed by atoms with Crippen molar-refractivity contribution in [2.45, 2.75) is 56.7 Å². The first-order valence-electron chi connectivity index (χ1n) is 10.6. The number of anilines is 1. The first-order chi connectivity index (χ1) is 14.7. The molecule has 3 aromatic rings. The number of benzene rings is 2. The van der Waals surface area contributed by atoms with Gasteiger partial charge in [0.25, 0.3) is 5.22 Å². The molecule has 5 nitrogen and oxygen atoms in total. The van der Waals surface area contributed by atoms with Crippen molar-refractivity contribution in [1.82, 2.24) is 10.2 Å². The van der Waals surface area contributed by atoms with E-state index in [0.717, 1.165) is 35.5 Å². The lowest BCUT2D eigenvalue weighted by atomic mass is 9.89. The topological polar surface area (TPSA) is 59.2 Å². The molecule has 0 atom stereocenters. The van der Waals surface area contributed by atoms with Crippen LogP contribution in [0.4, 0.5) is 5.69 Å². The highest BCUT2D eigenvalue weighted by Crippen LogP contribution is 2.33. The molecule has 1 aromatic heterocycles. The van der Waals surface area contributed by atoms with Crippen LogP contribution in [0.3, 0.4) is 0 Å². The predicted octanol–water partition coefficient (Wildman–Crippen LogP) is 5.75. The van der Waals surface area contributed by atoms with Crippen LogP contribution in [-0.4, -0.2) is 21.9 Å². The van der Waals surface area contributed by atoms with Crippen molar-refractivity contribution in [1.29, 1.82) is 0 Å². The molecule has 0 bridgehead atoms. The van der Waals surface area contributed by atoms with E-state index in [1.165, 1.54) is 31.0 Å². The minimum atomic E-state index is 0.0202. The van der Waals surface area contributed by atoms with Gasteiger partial charge in [0.15, 0.2) is 0 Å². The standard InChI is InChI=1S/C24H27N3O2S/c1-18-9-8-14-21(15-18)27(16-19-10-4-2-5-11-19)22(28)17-30-24-26-25-23(29-24)20-12-6-3-7-13-20/h2,4-5,8-11,14-15,20H,3,6-7,12-13,16-17H2,1H3. The number of nitrogens with zero attached hydrogens (tertiary/aromatic N) is 3. The summed E-state index contributed by atoms with van der Waals surface area (Å²) in [7, 11) is 0. The van der Waals surface area contributed by atoms with Gasteiger partial charge in [-0.05, 0) is 43.0 Å². The van der Waals surface area contributed by atoms with Crippen molar-refractivity contribution in [3.8, 4) is 0 Å². The molecule has 6 heteroatoms. The summed E-state index contributed by atoms with van der Waals surface area (Å²) in [6, 6.07) is 18.1. The Labute approximate surface area is 181 Å². The first kappa shape index (κ1) is 20.7. The van der Waals surface area contributed by atoms with E-state index in [-0.39, 0.29) is 11.7 Å². The van der Waals surface area contributed by atoms with Gasteiger partial charge in [0.1, 0.15) is 0 Å². The second kappa shape index (κ2) is 9.94. The van der Waals surface area contributed by atoms with Crippen molar-refractivity contribution in [2.75, 3.05) is 10.7 Å². The van der Waals surface area contributed by atoms with E-state index < -0.39 is 0 Å². The highest BCUT2D eigenvalue weighted by Gasteiger charge is 2.23. The SMILES string of the molecule is Cc1cccc(N(Cc2ccccc2)C(=O)CSc2nnc(C3CCCCC3)o2)c1. The normalized spacial score (nSPS) is 14.6. The Morgan fingerprint density at radius 3 is 2.63 bits per heavy atom. The van der Waals surface area contributed by atoms with E-state index in [4.69, 9.17) is 4.42 Å². The number of hydrogen-bond acceptors (Lipinski definition) is 5. The Morgan fingerprint density at radius 2 is 1.87 bits per heavy atom. The largest absolute Gasteiger partial charge is 0.416 e. The average Bonchev–Trinajstić information content (AvgIpc) is 3.26. The molecule has 0 saturated heterocycles. The van der Waals surface area contributed by atoms with Crippen LogP contribution >= 0.6 is 11.8 Å². The molecule has 1 heterocycles. The van der Waals surface area contributed by atoms with Crippen molar-refractivity contribution >= 4 is 23.4 Å². The minimum Gasteiger partial charge on any atom is -0.416 e. The van der Waals surface area contributed by atoms with E-state index in [1.54, 1.807) is 0 Å². The quantitative estimate of drug-likeness (QED) is 0.455. The Balaban J connectivity index is 1.44. The molecule has 30 heavy (non-hydrogen) atoms. The lowest BCUT2D eigenvalue weighted by Crippen LogP contribution is -2.32. The molecule has 1 aliphatic carbocycles. The lowest BCUT2D eigenvalue weighted by Gasteiger charge is -2.23. The van der Waals surface area contributed by atoms with Gasteiger partial charge < -0.3 is 9.32 Å². The Hall–Kier alpha value is -2.60. The predicted molar refractivity (Wildman–Crippen MR) is 120 cm³/mol. The summed E-state index contributed by atoms with van der Waals surface area (Å²) in [6.07, 6.45) is 5.96. The zero-order chi connectivity index (χ0) is 20.8. The molecule has 156 valence electrons. The maximum absolute atomic E-state index is 13.2. The number of amides is 1. The molecule has 4 rings (SSSR count). The maximum atomic E-state index is 13.2. The average molecular weight is 422 g/mol. The highest BCUT2D eigenvalue weighted by molar-refractivity contribution is 7.99. The van der Waals surface area contributed by atoms with E-state index >= 15 is 0 Å². The van der Waals surface area contributed by atoms with Crippen molar-refractivity contribution in [2.24, 2.45) is 0 Å². The van der Waals surface area contributed by atoms with Crippen LogP contribution in [0.1, 0.15) is 55.0 Å². The Bertz CT molecular complexity index is 967. The van der Waals surface area contributed by atoms with Gasteiger partial charge in [-0.15, -0.1) is 10.2 Å². The molecule has 0 spiro atoms. The Kier molecular flexibility index (Phi) is 6.84. The van der Waals surface area contributed by atoms with Gasteiger partial charge in [0, 0.05) is 11.6 Å². The molecule has 1 amide bonds. The summed E-state index contributed by atoms with van der Waals surface area (Å²) in [5, 5.41) is 8.89. The minimum absolute atomic E-state index is 0.0202. The van der Waals surface area contributed by atoms with Gasteiger partial charge in [-0.1, -0.05) is 73.5 Å². The number of carbonyl (C=O) groups excluding carboxylic acids is 1. The molecule has 0 aliphatic heterocycles. The molecule has 2 aromatic carbocycles. The molecular formula is C24H27N3O2S. The highest BCUT2D eigenvalue weighted by atomic mass is 32.2. The van der Waals surface area contributed by atoms with Crippen LogP contribution in [0.5, 0.6) is 0 Å². The fourth-order valence-electron chi connectivity index (χ4n) is 3.88. The molecule has 1 aliphatic rings. The molecule has 0 radical (unpaired) electrons. The zero-order valence-electron chi connectivity index (χ0n) is 17.3. The maximum Gasteiger partial charge on any atom is 0.277 e.